The van der Waals surface area contributed by atoms with Crippen molar-refractivity contribution in [2.45, 2.75) is 37.6 Å². The lowest BCUT2D eigenvalue weighted by atomic mass is 10.2. The van der Waals surface area contributed by atoms with Gasteiger partial charge in [0.15, 0.2) is 0 Å². The molecule has 4 nitrogen and oxygen atoms in total. The molecule has 0 aliphatic carbocycles. The van der Waals surface area contributed by atoms with E-state index in [1.807, 2.05) is 13.8 Å². The van der Waals surface area contributed by atoms with E-state index in [1.165, 1.54) is 22.5 Å². The van der Waals surface area contributed by atoms with Gasteiger partial charge in [-0.1, -0.05) is 26.0 Å². The highest BCUT2D eigenvalue weighted by Gasteiger charge is 2.30. The maximum absolute atomic E-state index is 13.7. The van der Waals surface area contributed by atoms with Crippen LogP contribution in [0.1, 0.15) is 26.7 Å². The first kappa shape index (κ1) is 16.1. The van der Waals surface area contributed by atoms with Crippen molar-refractivity contribution in [2.24, 2.45) is 5.73 Å². The van der Waals surface area contributed by atoms with Crippen molar-refractivity contribution in [3.63, 3.8) is 0 Å². The smallest absolute Gasteiger partial charge is 0.246 e. The molecule has 0 saturated carbocycles. The molecule has 6 heteroatoms. The minimum atomic E-state index is -3.84. The van der Waals surface area contributed by atoms with Crippen LogP contribution in [-0.2, 0) is 10.0 Å². The highest BCUT2D eigenvalue weighted by atomic mass is 32.2. The molecule has 2 N–H and O–H groups in total. The third-order valence-corrected chi connectivity index (χ3v) is 5.11. The number of nitrogens with two attached hydrogens (primary N) is 1. The van der Waals surface area contributed by atoms with Crippen LogP contribution in [0.4, 0.5) is 4.39 Å². The molecule has 1 rings (SSSR count). The van der Waals surface area contributed by atoms with E-state index in [0.717, 1.165) is 6.07 Å². The first-order valence-electron chi connectivity index (χ1n) is 6.45. The molecule has 19 heavy (non-hydrogen) atoms. The molecule has 0 bridgehead atoms. The van der Waals surface area contributed by atoms with Gasteiger partial charge in [-0.3, -0.25) is 0 Å². The third-order valence-electron chi connectivity index (χ3n) is 3.12. The van der Waals surface area contributed by atoms with Crippen molar-refractivity contribution in [1.29, 1.82) is 0 Å². The molecule has 0 aromatic heterocycles. The topological polar surface area (TPSA) is 63.4 Å². The highest BCUT2D eigenvalue weighted by Crippen LogP contribution is 2.23. The van der Waals surface area contributed by atoms with Gasteiger partial charge < -0.3 is 5.73 Å². The molecular weight excluding hydrogens is 267 g/mol. The number of sulfonamides is 1. The third kappa shape index (κ3) is 3.52. The van der Waals surface area contributed by atoms with E-state index >= 15 is 0 Å². The van der Waals surface area contributed by atoms with E-state index in [2.05, 4.69) is 0 Å². The van der Waals surface area contributed by atoms with E-state index in [0.29, 0.717) is 12.8 Å². The van der Waals surface area contributed by atoms with Gasteiger partial charge in [-0.2, -0.15) is 4.31 Å². The van der Waals surface area contributed by atoms with Crippen LogP contribution in [0.2, 0.25) is 0 Å². The maximum atomic E-state index is 13.7. The van der Waals surface area contributed by atoms with Crippen molar-refractivity contribution in [1.82, 2.24) is 4.31 Å². The van der Waals surface area contributed by atoms with Crippen LogP contribution in [0.5, 0.6) is 0 Å². The Morgan fingerprint density at radius 3 is 2.32 bits per heavy atom. The van der Waals surface area contributed by atoms with Crippen molar-refractivity contribution in [2.75, 3.05) is 13.1 Å². The number of hydrogen-bond acceptors (Lipinski definition) is 3. The number of rotatable bonds is 7. The Bertz CT molecular complexity index is 501. The average molecular weight is 288 g/mol. The van der Waals surface area contributed by atoms with Crippen molar-refractivity contribution in [3.8, 4) is 0 Å². The second-order valence-electron chi connectivity index (χ2n) is 4.31. The van der Waals surface area contributed by atoms with Crippen LogP contribution >= 0.6 is 0 Å². The second-order valence-corrected chi connectivity index (χ2v) is 6.16. The van der Waals surface area contributed by atoms with Gasteiger partial charge in [0.1, 0.15) is 10.7 Å². The normalized spacial score (nSPS) is 12.3. The predicted octanol–water partition coefficient (Wildman–Crippen LogP) is 1.96. The van der Waals surface area contributed by atoms with Gasteiger partial charge in [0, 0.05) is 19.1 Å². The highest BCUT2D eigenvalue weighted by molar-refractivity contribution is 7.89. The Hall–Kier alpha value is -0.980. The van der Waals surface area contributed by atoms with Crippen LogP contribution in [0.15, 0.2) is 29.2 Å². The quantitative estimate of drug-likeness (QED) is 0.834. The first-order valence-corrected chi connectivity index (χ1v) is 7.89. The molecule has 1 aromatic rings. The van der Waals surface area contributed by atoms with E-state index in [4.69, 9.17) is 5.73 Å². The minimum Gasteiger partial charge on any atom is -0.329 e. The number of benzene rings is 1. The lowest BCUT2D eigenvalue weighted by Gasteiger charge is -2.29. The summed E-state index contributed by atoms with van der Waals surface area (Å²) in [6.45, 7) is 4.23. The predicted molar refractivity (Wildman–Crippen MR) is 73.7 cm³/mol. The fourth-order valence-electron chi connectivity index (χ4n) is 2.10. The molecule has 0 spiro atoms. The van der Waals surface area contributed by atoms with Gasteiger partial charge in [0.25, 0.3) is 0 Å². The van der Waals surface area contributed by atoms with Gasteiger partial charge in [0.05, 0.1) is 0 Å². The zero-order valence-corrected chi connectivity index (χ0v) is 12.2. The molecule has 0 unspecified atom stereocenters. The lowest BCUT2D eigenvalue weighted by molar-refractivity contribution is 0.308. The lowest BCUT2D eigenvalue weighted by Crippen LogP contribution is -2.42. The van der Waals surface area contributed by atoms with E-state index in [1.54, 1.807) is 0 Å². The zero-order chi connectivity index (χ0) is 14.5. The molecule has 1 aromatic carbocycles. The molecule has 0 fully saturated rings. The molecule has 0 amide bonds. The average Bonchev–Trinajstić information content (AvgIpc) is 2.39. The van der Waals surface area contributed by atoms with Gasteiger partial charge in [-0.05, 0) is 25.0 Å². The monoisotopic (exact) mass is 288 g/mol. The Kier molecular flexibility index (Phi) is 5.90. The molecule has 0 heterocycles. The zero-order valence-electron chi connectivity index (χ0n) is 11.3. The van der Waals surface area contributed by atoms with Crippen molar-refractivity contribution >= 4 is 10.0 Å². The summed E-state index contributed by atoms with van der Waals surface area (Å²) in [6, 6.07) is 5.27. The van der Waals surface area contributed by atoms with Crippen LogP contribution < -0.4 is 5.73 Å². The molecule has 0 atom stereocenters. The maximum Gasteiger partial charge on any atom is 0.246 e. The van der Waals surface area contributed by atoms with Crippen LogP contribution in [0, 0.1) is 5.82 Å². The van der Waals surface area contributed by atoms with Crippen LogP contribution in [-0.4, -0.2) is 31.9 Å². The number of hydrogen-bond donors (Lipinski definition) is 1. The number of halogens is 1. The summed E-state index contributed by atoms with van der Waals surface area (Å²) in [6.07, 6.45) is 1.34. The Morgan fingerprint density at radius 1 is 1.26 bits per heavy atom. The van der Waals surface area contributed by atoms with Gasteiger partial charge in [0.2, 0.25) is 10.0 Å². The summed E-state index contributed by atoms with van der Waals surface area (Å²) in [5.74, 6) is -0.726. The van der Waals surface area contributed by atoms with Crippen LogP contribution in [0.25, 0.3) is 0 Å². The van der Waals surface area contributed by atoms with Crippen molar-refractivity contribution < 1.29 is 12.8 Å². The Labute approximate surface area is 114 Å². The van der Waals surface area contributed by atoms with E-state index in [-0.39, 0.29) is 24.0 Å². The largest absolute Gasteiger partial charge is 0.329 e. The van der Waals surface area contributed by atoms with Gasteiger partial charge >= 0.3 is 0 Å². The SMILES string of the molecule is CCC(CC)N(CCN)S(=O)(=O)c1ccccc1F. The van der Waals surface area contributed by atoms with Gasteiger partial charge in [-0.15, -0.1) is 0 Å². The molecule has 108 valence electrons. The number of nitrogens with zero attached hydrogens (tertiary/aromatic N) is 1. The second kappa shape index (κ2) is 6.98. The van der Waals surface area contributed by atoms with Gasteiger partial charge in [-0.25, -0.2) is 12.8 Å². The minimum absolute atomic E-state index is 0.159. The summed E-state index contributed by atoms with van der Waals surface area (Å²) >= 11 is 0. The molecule has 0 radical (unpaired) electrons. The van der Waals surface area contributed by atoms with E-state index < -0.39 is 15.8 Å². The summed E-state index contributed by atoms with van der Waals surface area (Å²) < 4.78 is 40.1. The standard InChI is InChI=1S/C13H21FN2O2S/c1-3-11(4-2)16(10-9-15)19(17,18)13-8-6-5-7-12(13)14/h5-8,11H,3-4,9-10,15H2,1-2H3. The van der Waals surface area contributed by atoms with Crippen molar-refractivity contribution in [3.05, 3.63) is 30.1 Å². The summed E-state index contributed by atoms with van der Waals surface area (Å²) in [4.78, 5) is -0.282. The first-order chi connectivity index (χ1) is 8.98. The Morgan fingerprint density at radius 2 is 1.84 bits per heavy atom. The summed E-state index contributed by atoms with van der Waals surface area (Å²) in [5.41, 5.74) is 5.49. The Balaban J connectivity index is 3.24. The summed E-state index contributed by atoms with van der Waals surface area (Å²) in [5, 5.41) is 0. The van der Waals surface area contributed by atoms with Crippen LogP contribution in [0.3, 0.4) is 0 Å². The summed E-state index contributed by atoms with van der Waals surface area (Å²) in [7, 11) is -3.84. The molecule has 0 saturated heterocycles. The molecule has 0 aliphatic rings. The fourth-order valence-corrected chi connectivity index (χ4v) is 3.96. The molecular formula is C13H21FN2O2S. The fraction of sp³-hybridized carbons (Fsp3) is 0.538. The van der Waals surface area contributed by atoms with E-state index in [9.17, 15) is 12.8 Å². The molecule has 0 aliphatic heterocycles.